The fourth-order valence-corrected chi connectivity index (χ4v) is 3.63. The lowest BCUT2D eigenvalue weighted by Gasteiger charge is -2.17. The third-order valence-corrected chi connectivity index (χ3v) is 5.63. The summed E-state index contributed by atoms with van der Waals surface area (Å²) in [5.41, 5.74) is -0.976. The van der Waals surface area contributed by atoms with Crippen LogP contribution in [-0.4, -0.2) is 33.2 Å². The van der Waals surface area contributed by atoms with Crippen LogP contribution in [0.25, 0.3) is 0 Å². The minimum atomic E-state index is -3.37. The number of nitrogens with zero attached hydrogens (tertiary/aromatic N) is 4. The van der Waals surface area contributed by atoms with Crippen molar-refractivity contribution in [2.75, 3.05) is 18.1 Å². The van der Waals surface area contributed by atoms with Crippen LogP contribution in [0.4, 0.5) is 14.6 Å². The van der Waals surface area contributed by atoms with E-state index in [9.17, 15) is 23.6 Å². The molecule has 0 radical (unpaired) electrons. The van der Waals surface area contributed by atoms with Gasteiger partial charge in [0.1, 0.15) is 23.9 Å². The maximum atomic E-state index is 14.3. The van der Waals surface area contributed by atoms with Crippen LogP contribution in [0.15, 0.2) is 58.6 Å². The number of aromatic nitrogens is 4. The molecule has 0 aliphatic rings. The zero-order valence-electron chi connectivity index (χ0n) is 17.3. The Labute approximate surface area is 196 Å². The lowest BCUT2D eigenvalue weighted by molar-refractivity contribution is -0.616. The molecule has 0 atom stereocenters. The van der Waals surface area contributed by atoms with Gasteiger partial charge < -0.3 is 15.8 Å². The quantitative estimate of drug-likeness (QED) is 0.265. The van der Waals surface area contributed by atoms with E-state index in [4.69, 9.17) is 11.6 Å². The Morgan fingerprint density at radius 3 is 2.79 bits per heavy atom. The first-order valence-corrected chi connectivity index (χ1v) is 11.1. The highest BCUT2D eigenvalue weighted by Crippen LogP contribution is 2.25. The Bertz CT molecular complexity index is 1200. The van der Waals surface area contributed by atoms with Crippen LogP contribution in [-0.2, 0) is 23.8 Å². The lowest BCUT2D eigenvalue weighted by Crippen LogP contribution is -2.39. The van der Waals surface area contributed by atoms with Gasteiger partial charge in [-0.15, -0.1) is 11.8 Å². The van der Waals surface area contributed by atoms with E-state index in [0.29, 0.717) is 15.3 Å². The van der Waals surface area contributed by atoms with Gasteiger partial charge in [0.25, 0.3) is 5.56 Å². The molecular weight excluding hydrogens is 478 g/mol. The molecule has 3 heterocycles. The number of amides is 1. The van der Waals surface area contributed by atoms with Crippen molar-refractivity contribution in [3.8, 4) is 0 Å². The third kappa shape index (κ3) is 5.96. The fraction of sp³-hybridized carbons (Fsp3) is 0.250. The summed E-state index contributed by atoms with van der Waals surface area (Å²) in [6.07, 6.45) is 5.42. The number of halogens is 3. The Kier molecular flexibility index (Phi) is 7.82. The normalized spacial score (nSPS) is 11.3. The molecule has 2 N–H and O–H groups in total. The van der Waals surface area contributed by atoms with Gasteiger partial charge in [-0.25, -0.2) is 4.98 Å². The molecular formula is C20H19ClF2N6O3S. The molecule has 3 aromatic rings. The van der Waals surface area contributed by atoms with Gasteiger partial charge in [0.15, 0.2) is 12.0 Å². The third-order valence-electron chi connectivity index (χ3n) is 4.52. The van der Waals surface area contributed by atoms with Gasteiger partial charge in [0.05, 0.1) is 17.6 Å². The molecule has 3 aromatic heterocycles. The molecule has 3 rings (SSSR count). The van der Waals surface area contributed by atoms with E-state index in [1.807, 2.05) is 0 Å². The summed E-state index contributed by atoms with van der Waals surface area (Å²) >= 11 is 7.35. The summed E-state index contributed by atoms with van der Waals surface area (Å²) in [6, 6.07) is 7.43. The Hall–Kier alpha value is -3.25. The standard InChI is InChI=1S/C20H19ClF2N6O3S/c1-33-14-5-4-8-29(32)13(14)9-25-17(30)11-28-16(21)10-26-18(19(28)31)27-12-20(22,23)15-6-2-3-7-24-15/h2-8,10H,9,11-12H2,1H3,(H,25,30)(H,26,27). The first kappa shape index (κ1) is 24.4. The van der Waals surface area contributed by atoms with Crippen LogP contribution in [0, 0.1) is 5.21 Å². The van der Waals surface area contributed by atoms with E-state index in [2.05, 4.69) is 20.6 Å². The van der Waals surface area contributed by atoms with Crippen LogP contribution < -0.4 is 20.9 Å². The van der Waals surface area contributed by atoms with Crippen LogP contribution in [0.1, 0.15) is 11.4 Å². The van der Waals surface area contributed by atoms with E-state index in [1.54, 1.807) is 18.4 Å². The Morgan fingerprint density at radius 2 is 2.09 bits per heavy atom. The van der Waals surface area contributed by atoms with E-state index in [-0.39, 0.29) is 11.7 Å². The van der Waals surface area contributed by atoms with Gasteiger partial charge in [-0.05, 0) is 24.5 Å². The number of anilines is 1. The van der Waals surface area contributed by atoms with E-state index < -0.39 is 42.0 Å². The minimum absolute atomic E-state index is 0.0712. The number of pyridine rings is 2. The highest BCUT2D eigenvalue weighted by molar-refractivity contribution is 7.98. The SMILES string of the molecule is CSc1ccc[n+]([O-])c1CNC(=O)Cn1c(Cl)cnc(NCC(F)(F)c2ccccn2)c1=O. The molecule has 0 aliphatic carbocycles. The second-order valence-corrected chi connectivity index (χ2v) is 7.95. The van der Waals surface area contributed by atoms with E-state index in [1.165, 1.54) is 42.4 Å². The van der Waals surface area contributed by atoms with Gasteiger partial charge in [-0.2, -0.15) is 13.5 Å². The molecule has 33 heavy (non-hydrogen) atoms. The number of carbonyl (C=O) groups is 1. The van der Waals surface area contributed by atoms with Crippen molar-refractivity contribution in [1.29, 1.82) is 0 Å². The lowest BCUT2D eigenvalue weighted by atomic mass is 10.2. The summed E-state index contributed by atoms with van der Waals surface area (Å²) in [4.78, 5) is 33.1. The molecule has 0 aliphatic heterocycles. The molecule has 0 unspecified atom stereocenters. The number of alkyl halides is 2. The minimum Gasteiger partial charge on any atom is -0.618 e. The summed E-state index contributed by atoms with van der Waals surface area (Å²) in [7, 11) is 0. The van der Waals surface area contributed by atoms with Crippen molar-refractivity contribution in [3.05, 3.63) is 81.0 Å². The van der Waals surface area contributed by atoms with Crippen molar-refractivity contribution in [3.63, 3.8) is 0 Å². The highest BCUT2D eigenvalue weighted by Gasteiger charge is 2.33. The first-order valence-electron chi connectivity index (χ1n) is 9.53. The van der Waals surface area contributed by atoms with Gasteiger partial charge in [0, 0.05) is 12.3 Å². The summed E-state index contributed by atoms with van der Waals surface area (Å²) in [5.74, 6) is -4.37. The summed E-state index contributed by atoms with van der Waals surface area (Å²) in [6.45, 7) is -1.50. The molecule has 0 saturated carbocycles. The van der Waals surface area contributed by atoms with Crippen molar-refractivity contribution >= 4 is 35.1 Å². The Morgan fingerprint density at radius 1 is 1.30 bits per heavy atom. The van der Waals surface area contributed by atoms with E-state index in [0.717, 1.165) is 10.8 Å². The average molecular weight is 497 g/mol. The van der Waals surface area contributed by atoms with E-state index >= 15 is 0 Å². The number of carbonyl (C=O) groups excluding carboxylic acids is 1. The van der Waals surface area contributed by atoms with Crippen LogP contribution in [0.2, 0.25) is 5.15 Å². The van der Waals surface area contributed by atoms with Gasteiger partial charge in [-0.3, -0.25) is 19.1 Å². The van der Waals surface area contributed by atoms with Gasteiger partial charge >= 0.3 is 5.92 Å². The summed E-state index contributed by atoms with van der Waals surface area (Å²) < 4.78 is 30.2. The zero-order chi connectivity index (χ0) is 24.0. The van der Waals surface area contributed by atoms with Crippen molar-refractivity contribution < 1.29 is 18.3 Å². The molecule has 0 saturated heterocycles. The predicted molar refractivity (Wildman–Crippen MR) is 119 cm³/mol. The highest BCUT2D eigenvalue weighted by atomic mass is 35.5. The number of hydrogen-bond donors (Lipinski definition) is 2. The molecule has 0 aromatic carbocycles. The average Bonchev–Trinajstić information content (AvgIpc) is 2.80. The number of rotatable bonds is 9. The zero-order valence-corrected chi connectivity index (χ0v) is 18.9. The van der Waals surface area contributed by atoms with Crippen LogP contribution in [0.3, 0.4) is 0 Å². The van der Waals surface area contributed by atoms with Gasteiger partial charge in [-0.1, -0.05) is 17.7 Å². The Balaban J connectivity index is 1.70. The number of hydrogen-bond acceptors (Lipinski definition) is 7. The second kappa shape index (κ2) is 10.6. The van der Waals surface area contributed by atoms with Crippen molar-refractivity contribution in [2.45, 2.75) is 23.9 Å². The number of thioether (sulfide) groups is 1. The van der Waals surface area contributed by atoms with Crippen LogP contribution >= 0.6 is 23.4 Å². The smallest absolute Gasteiger partial charge is 0.306 e. The monoisotopic (exact) mass is 496 g/mol. The number of nitrogens with one attached hydrogen (secondary N) is 2. The molecule has 13 heteroatoms. The second-order valence-electron chi connectivity index (χ2n) is 6.72. The molecule has 174 valence electrons. The van der Waals surface area contributed by atoms with Crippen molar-refractivity contribution in [2.24, 2.45) is 0 Å². The maximum Gasteiger partial charge on any atom is 0.306 e. The largest absolute Gasteiger partial charge is 0.618 e. The summed E-state index contributed by atoms with van der Waals surface area (Å²) in [5, 5.41) is 16.7. The first-order chi connectivity index (χ1) is 15.7. The molecule has 1 amide bonds. The predicted octanol–water partition coefficient (Wildman–Crippen LogP) is 2.17. The fourth-order valence-electron chi connectivity index (χ4n) is 2.84. The van der Waals surface area contributed by atoms with Crippen molar-refractivity contribution in [1.82, 2.24) is 19.9 Å². The molecule has 0 fully saturated rings. The van der Waals surface area contributed by atoms with Gasteiger partial charge in [0.2, 0.25) is 11.6 Å². The topological polar surface area (TPSA) is 116 Å². The maximum absolute atomic E-state index is 14.3. The van der Waals surface area contributed by atoms with Crippen LogP contribution in [0.5, 0.6) is 0 Å². The molecule has 0 bridgehead atoms. The molecule has 9 nitrogen and oxygen atoms in total. The molecule has 0 spiro atoms.